The molecule has 0 bridgehead atoms. The zero-order valence-electron chi connectivity index (χ0n) is 20.0. The molecule has 0 aliphatic heterocycles. The molecule has 8 nitrogen and oxygen atoms in total. The normalized spacial score (nSPS) is 13.9. The molecule has 1 aliphatic rings. The molecule has 2 aromatic heterocycles. The summed E-state index contributed by atoms with van der Waals surface area (Å²) >= 11 is 0. The Balaban J connectivity index is 1.42. The molecule has 2 amide bonds. The highest BCUT2D eigenvalue weighted by molar-refractivity contribution is 5.99. The first-order valence-corrected chi connectivity index (χ1v) is 11.8. The van der Waals surface area contributed by atoms with E-state index < -0.39 is 0 Å². The number of carbonyl (C=O) groups excluding carboxylic acids is 2. The maximum absolute atomic E-state index is 13.1. The van der Waals surface area contributed by atoms with Gasteiger partial charge >= 0.3 is 0 Å². The molecule has 0 saturated heterocycles. The first kappa shape index (κ1) is 22.6. The summed E-state index contributed by atoms with van der Waals surface area (Å²) < 4.78 is 1.66. The van der Waals surface area contributed by atoms with Crippen LogP contribution in [0.4, 0.5) is 11.5 Å². The summed E-state index contributed by atoms with van der Waals surface area (Å²) in [6, 6.07) is 15.6. The number of rotatable bonds is 7. The van der Waals surface area contributed by atoms with Crippen molar-refractivity contribution in [3.63, 3.8) is 0 Å². The third kappa shape index (κ3) is 4.73. The smallest absolute Gasteiger partial charge is 0.253 e. The molecule has 178 valence electrons. The van der Waals surface area contributed by atoms with Crippen molar-refractivity contribution in [2.45, 2.75) is 45.7 Å². The molecular formula is C27H28N6O2. The summed E-state index contributed by atoms with van der Waals surface area (Å²) in [5, 5.41) is 13.8. The van der Waals surface area contributed by atoms with Gasteiger partial charge in [0.05, 0.1) is 11.6 Å². The number of anilines is 2. The Morgan fingerprint density at radius 1 is 1.06 bits per heavy atom. The van der Waals surface area contributed by atoms with E-state index in [9.17, 15) is 9.59 Å². The molecule has 4 aromatic rings. The first-order valence-electron chi connectivity index (χ1n) is 11.8. The van der Waals surface area contributed by atoms with E-state index in [2.05, 4.69) is 26.0 Å². The van der Waals surface area contributed by atoms with Gasteiger partial charge in [-0.1, -0.05) is 36.4 Å². The molecule has 0 radical (unpaired) electrons. The largest absolute Gasteiger partial charge is 0.349 e. The number of fused-ring (bicyclic) bond motifs is 1. The zero-order valence-corrected chi connectivity index (χ0v) is 20.0. The van der Waals surface area contributed by atoms with E-state index >= 15 is 0 Å². The molecule has 0 spiro atoms. The quantitative estimate of drug-likeness (QED) is 0.372. The lowest BCUT2D eigenvalue weighted by molar-refractivity contribution is 0.0935. The molecule has 1 fully saturated rings. The van der Waals surface area contributed by atoms with E-state index in [0.29, 0.717) is 28.5 Å². The topological polar surface area (TPSA) is 100 Å². The van der Waals surface area contributed by atoms with Crippen LogP contribution in [0.5, 0.6) is 0 Å². The number of aryl methyl sites for hydroxylation is 2. The van der Waals surface area contributed by atoms with E-state index in [1.54, 1.807) is 10.7 Å². The number of hydrogen-bond acceptors (Lipinski definition) is 5. The Bertz CT molecular complexity index is 1410. The van der Waals surface area contributed by atoms with E-state index in [4.69, 9.17) is 0 Å². The molecule has 1 atom stereocenters. The number of hydrogen-bond donors (Lipinski definition) is 3. The van der Waals surface area contributed by atoms with E-state index in [0.717, 1.165) is 35.2 Å². The number of amides is 2. The summed E-state index contributed by atoms with van der Waals surface area (Å²) in [4.78, 5) is 30.1. The molecular weight excluding hydrogens is 440 g/mol. The minimum atomic E-state index is -0.176. The van der Waals surface area contributed by atoms with E-state index in [1.807, 2.05) is 69.3 Å². The van der Waals surface area contributed by atoms with Gasteiger partial charge in [-0.25, -0.2) is 9.50 Å². The third-order valence-corrected chi connectivity index (χ3v) is 6.38. The van der Waals surface area contributed by atoms with Crippen LogP contribution in [0.1, 0.15) is 63.2 Å². The highest BCUT2D eigenvalue weighted by atomic mass is 16.2. The SMILES string of the molecule is Cc1ccc(C(=O)NC2CC2)cc1Nc1ncnn2cc(C(=O)NC(C)c3ccccc3)c(C)c12. The fourth-order valence-electron chi connectivity index (χ4n) is 4.10. The van der Waals surface area contributed by atoms with Gasteiger partial charge in [0, 0.05) is 23.5 Å². The fourth-order valence-corrected chi connectivity index (χ4v) is 4.10. The molecule has 8 heteroatoms. The minimum absolute atomic E-state index is 0.0752. The van der Waals surface area contributed by atoms with Crippen LogP contribution in [0.25, 0.3) is 5.52 Å². The summed E-state index contributed by atoms with van der Waals surface area (Å²) in [6.45, 7) is 5.82. The number of aromatic nitrogens is 3. The van der Waals surface area contributed by atoms with Crippen LogP contribution >= 0.6 is 0 Å². The molecule has 5 rings (SSSR count). The number of benzene rings is 2. The Kier molecular flexibility index (Phi) is 5.94. The van der Waals surface area contributed by atoms with Crippen molar-refractivity contribution in [3.05, 3.63) is 88.9 Å². The van der Waals surface area contributed by atoms with Crippen LogP contribution < -0.4 is 16.0 Å². The van der Waals surface area contributed by atoms with Gasteiger partial charge in [0.15, 0.2) is 5.82 Å². The average molecular weight is 469 g/mol. The van der Waals surface area contributed by atoms with Crippen LogP contribution in [-0.2, 0) is 0 Å². The Hall–Kier alpha value is -4.20. The zero-order chi connectivity index (χ0) is 24.5. The fraction of sp³-hybridized carbons (Fsp3) is 0.259. The number of nitrogens with zero attached hydrogens (tertiary/aromatic N) is 3. The Labute approximate surface area is 203 Å². The molecule has 1 unspecified atom stereocenters. The van der Waals surface area contributed by atoms with Gasteiger partial charge in [-0.2, -0.15) is 5.10 Å². The Morgan fingerprint density at radius 2 is 1.83 bits per heavy atom. The van der Waals surface area contributed by atoms with Crippen molar-refractivity contribution in [1.82, 2.24) is 25.2 Å². The highest BCUT2D eigenvalue weighted by Crippen LogP contribution is 2.28. The maximum atomic E-state index is 13.1. The third-order valence-electron chi connectivity index (χ3n) is 6.38. The van der Waals surface area contributed by atoms with Crippen molar-refractivity contribution >= 4 is 28.8 Å². The van der Waals surface area contributed by atoms with Crippen LogP contribution in [-0.4, -0.2) is 32.5 Å². The maximum Gasteiger partial charge on any atom is 0.253 e. The van der Waals surface area contributed by atoms with Crippen LogP contribution in [0, 0.1) is 13.8 Å². The van der Waals surface area contributed by atoms with Gasteiger partial charge in [-0.3, -0.25) is 9.59 Å². The lowest BCUT2D eigenvalue weighted by Crippen LogP contribution is -2.26. The molecule has 1 saturated carbocycles. The van der Waals surface area contributed by atoms with Crippen LogP contribution in [0.3, 0.4) is 0 Å². The molecule has 3 N–H and O–H groups in total. The van der Waals surface area contributed by atoms with Crippen LogP contribution in [0.15, 0.2) is 61.1 Å². The lowest BCUT2D eigenvalue weighted by atomic mass is 10.1. The first-order chi connectivity index (χ1) is 16.9. The van der Waals surface area contributed by atoms with Crippen LogP contribution in [0.2, 0.25) is 0 Å². The monoisotopic (exact) mass is 468 g/mol. The van der Waals surface area contributed by atoms with Crippen molar-refractivity contribution in [2.75, 3.05) is 5.32 Å². The number of nitrogens with one attached hydrogen (secondary N) is 3. The summed E-state index contributed by atoms with van der Waals surface area (Å²) in [5.74, 6) is 0.314. The summed E-state index contributed by atoms with van der Waals surface area (Å²) in [5.41, 5.74) is 5.39. The highest BCUT2D eigenvalue weighted by Gasteiger charge is 2.24. The van der Waals surface area contributed by atoms with Gasteiger partial charge in [-0.15, -0.1) is 0 Å². The molecule has 2 aromatic carbocycles. The van der Waals surface area contributed by atoms with Crippen molar-refractivity contribution < 1.29 is 9.59 Å². The summed E-state index contributed by atoms with van der Waals surface area (Å²) in [6.07, 6.45) is 5.24. The molecule has 2 heterocycles. The average Bonchev–Trinajstić information content (AvgIpc) is 3.61. The van der Waals surface area contributed by atoms with Gasteiger partial charge in [0.25, 0.3) is 11.8 Å². The predicted molar refractivity (Wildman–Crippen MR) is 135 cm³/mol. The van der Waals surface area contributed by atoms with Gasteiger partial charge in [-0.05, 0) is 62.4 Å². The van der Waals surface area contributed by atoms with Gasteiger partial charge in [0.2, 0.25) is 0 Å². The second-order valence-corrected chi connectivity index (χ2v) is 9.08. The van der Waals surface area contributed by atoms with Crippen molar-refractivity contribution in [2.24, 2.45) is 0 Å². The van der Waals surface area contributed by atoms with Gasteiger partial charge in [0.1, 0.15) is 11.8 Å². The Morgan fingerprint density at radius 3 is 2.57 bits per heavy atom. The van der Waals surface area contributed by atoms with E-state index in [-0.39, 0.29) is 17.9 Å². The van der Waals surface area contributed by atoms with Crippen molar-refractivity contribution in [1.29, 1.82) is 0 Å². The minimum Gasteiger partial charge on any atom is -0.349 e. The predicted octanol–water partition coefficient (Wildman–Crippen LogP) is 4.47. The second kappa shape index (κ2) is 9.21. The molecule has 35 heavy (non-hydrogen) atoms. The lowest BCUT2D eigenvalue weighted by Gasteiger charge is -2.14. The van der Waals surface area contributed by atoms with Gasteiger partial charge < -0.3 is 16.0 Å². The number of carbonyl (C=O) groups is 2. The standard InChI is InChI=1S/C27H28N6O2/c1-16-9-10-20(26(34)31-21-11-12-21)13-23(16)32-25-24-17(2)22(14-33(24)29-15-28-25)27(35)30-18(3)19-7-5-4-6-8-19/h4-10,13-15,18,21H,11-12H2,1-3H3,(H,30,35)(H,31,34)(H,28,29,32). The van der Waals surface area contributed by atoms with E-state index in [1.165, 1.54) is 6.33 Å². The summed E-state index contributed by atoms with van der Waals surface area (Å²) in [7, 11) is 0. The second-order valence-electron chi connectivity index (χ2n) is 9.08. The van der Waals surface area contributed by atoms with Crippen molar-refractivity contribution in [3.8, 4) is 0 Å². The molecule has 1 aliphatic carbocycles.